The largest absolute Gasteiger partial charge is 0.393 e. The van der Waals surface area contributed by atoms with Gasteiger partial charge in [0.1, 0.15) is 0 Å². The van der Waals surface area contributed by atoms with E-state index in [0.717, 1.165) is 13.0 Å². The van der Waals surface area contributed by atoms with Crippen molar-refractivity contribution in [2.45, 2.75) is 58.7 Å². The molecule has 2 unspecified atom stereocenters. The van der Waals surface area contributed by atoms with E-state index >= 15 is 0 Å². The lowest BCUT2D eigenvalue weighted by Crippen LogP contribution is -2.47. The SMILES string of the molecule is CC(C)(C)CCC1NCCCC1C(F)(F)F. The predicted octanol–water partition coefficient (Wildman–Crippen LogP) is 3.74. The summed E-state index contributed by atoms with van der Waals surface area (Å²) >= 11 is 0. The standard InChI is InChI=1S/C12H22F3N/c1-11(2,3)7-6-10-9(12(13,14)15)5-4-8-16-10/h9-10,16H,4-8H2,1-3H3. The van der Waals surface area contributed by atoms with Crippen molar-refractivity contribution in [1.82, 2.24) is 5.32 Å². The molecule has 0 aromatic rings. The van der Waals surface area contributed by atoms with Gasteiger partial charge >= 0.3 is 6.18 Å². The molecule has 96 valence electrons. The maximum absolute atomic E-state index is 12.8. The lowest BCUT2D eigenvalue weighted by molar-refractivity contribution is -0.189. The van der Waals surface area contributed by atoms with Gasteiger partial charge < -0.3 is 5.32 Å². The van der Waals surface area contributed by atoms with Crippen molar-refractivity contribution < 1.29 is 13.2 Å². The van der Waals surface area contributed by atoms with Crippen LogP contribution in [-0.4, -0.2) is 18.8 Å². The summed E-state index contributed by atoms with van der Waals surface area (Å²) < 4.78 is 38.3. The molecule has 16 heavy (non-hydrogen) atoms. The van der Waals surface area contributed by atoms with Crippen LogP contribution in [0.1, 0.15) is 46.5 Å². The Balaban J connectivity index is 2.54. The summed E-state index contributed by atoms with van der Waals surface area (Å²) in [4.78, 5) is 0. The van der Waals surface area contributed by atoms with Crippen molar-refractivity contribution in [3.8, 4) is 0 Å². The van der Waals surface area contributed by atoms with Crippen LogP contribution in [0.4, 0.5) is 13.2 Å². The van der Waals surface area contributed by atoms with E-state index in [1.165, 1.54) is 0 Å². The Kier molecular flexibility index (Phi) is 4.27. The average Bonchev–Trinajstić information content (AvgIpc) is 2.12. The fourth-order valence-electron chi connectivity index (χ4n) is 2.24. The van der Waals surface area contributed by atoms with E-state index in [4.69, 9.17) is 0 Å². The van der Waals surface area contributed by atoms with Crippen LogP contribution in [0.5, 0.6) is 0 Å². The van der Waals surface area contributed by atoms with E-state index in [1.54, 1.807) is 0 Å². The molecular weight excluding hydrogens is 215 g/mol. The molecule has 0 saturated carbocycles. The second-order valence-corrected chi connectivity index (χ2v) is 5.95. The van der Waals surface area contributed by atoms with Gasteiger partial charge in [0.15, 0.2) is 0 Å². The lowest BCUT2D eigenvalue weighted by atomic mass is 9.82. The highest BCUT2D eigenvalue weighted by atomic mass is 19.4. The first-order valence-corrected chi connectivity index (χ1v) is 6.00. The molecule has 0 amide bonds. The van der Waals surface area contributed by atoms with Crippen LogP contribution < -0.4 is 5.32 Å². The first-order chi connectivity index (χ1) is 7.20. The number of hydrogen-bond acceptors (Lipinski definition) is 1. The van der Waals surface area contributed by atoms with Crippen molar-refractivity contribution in [2.24, 2.45) is 11.3 Å². The molecule has 1 saturated heterocycles. The fraction of sp³-hybridized carbons (Fsp3) is 1.00. The molecule has 0 aliphatic carbocycles. The summed E-state index contributed by atoms with van der Waals surface area (Å²) in [5, 5.41) is 3.03. The van der Waals surface area contributed by atoms with Crippen molar-refractivity contribution in [2.75, 3.05) is 6.54 Å². The monoisotopic (exact) mass is 237 g/mol. The Hall–Kier alpha value is -0.250. The zero-order chi connectivity index (χ0) is 12.4. The van der Waals surface area contributed by atoms with Crippen LogP contribution in [0.25, 0.3) is 0 Å². The first-order valence-electron chi connectivity index (χ1n) is 6.00. The third-order valence-corrected chi connectivity index (χ3v) is 3.21. The van der Waals surface area contributed by atoms with E-state index in [-0.39, 0.29) is 17.9 Å². The van der Waals surface area contributed by atoms with Gasteiger partial charge in [-0.1, -0.05) is 20.8 Å². The summed E-state index contributed by atoms with van der Waals surface area (Å²) in [6, 6.07) is -0.382. The zero-order valence-corrected chi connectivity index (χ0v) is 10.3. The van der Waals surface area contributed by atoms with Crippen LogP contribution in [-0.2, 0) is 0 Å². The number of hydrogen-bond donors (Lipinski definition) is 1. The van der Waals surface area contributed by atoms with Gasteiger partial charge in [0.25, 0.3) is 0 Å². The highest BCUT2D eigenvalue weighted by Crippen LogP contribution is 2.37. The minimum absolute atomic E-state index is 0.106. The second-order valence-electron chi connectivity index (χ2n) is 5.95. The molecule has 1 N–H and O–H groups in total. The molecule has 1 nitrogen and oxygen atoms in total. The molecule has 1 heterocycles. The Labute approximate surface area is 95.8 Å². The highest BCUT2D eigenvalue weighted by molar-refractivity contribution is 4.86. The molecular formula is C12H22F3N. The molecule has 0 radical (unpaired) electrons. The van der Waals surface area contributed by atoms with E-state index in [9.17, 15) is 13.2 Å². The van der Waals surface area contributed by atoms with Crippen LogP contribution in [0.2, 0.25) is 0 Å². The average molecular weight is 237 g/mol. The van der Waals surface area contributed by atoms with Gasteiger partial charge in [0.05, 0.1) is 5.92 Å². The number of halogens is 3. The Bertz CT molecular complexity index is 217. The minimum atomic E-state index is -4.05. The third-order valence-electron chi connectivity index (χ3n) is 3.21. The normalized spacial score (nSPS) is 28.1. The third kappa shape index (κ3) is 4.32. The van der Waals surface area contributed by atoms with Gasteiger partial charge in [0.2, 0.25) is 0 Å². The van der Waals surface area contributed by atoms with Gasteiger partial charge in [-0.05, 0) is 37.6 Å². The van der Waals surface area contributed by atoms with E-state index in [1.807, 2.05) is 0 Å². The summed E-state index contributed by atoms with van der Waals surface area (Å²) in [6.07, 6.45) is -1.68. The minimum Gasteiger partial charge on any atom is -0.313 e. The molecule has 1 aliphatic heterocycles. The molecule has 2 atom stereocenters. The molecule has 0 bridgehead atoms. The summed E-state index contributed by atoms with van der Waals surface area (Å²) in [5.74, 6) is -1.15. The van der Waals surface area contributed by atoms with Crippen molar-refractivity contribution in [3.63, 3.8) is 0 Å². The maximum atomic E-state index is 12.8. The van der Waals surface area contributed by atoms with Crippen LogP contribution in [0, 0.1) is 11.3 Å². The Morgan fingerprint density at radius 3 is 2.31 bits per heavy atom. The number of piperidine rings is 1. The molecule has 1 rings (SSSR count). The molecule has 1 fully saturated rings. The van der Waals surface area contributed by atoms with E-state index < -0.39 is 12.1 Å². The predicted molar refractivity (Wildman–Crippen MR) is 59.3 cm³/mol. The van der Waals surface area contributed by atoms with Crippen molar-refractivity contribution >= 4 is 0 Å². The lowest BCUT2D eigenvalue weighted by Gasteiger charge is -2.35. The Morgan fingerprint density at radius 1 is 1.19 bits per heavy atom. The molecule has 0 aromatic heterocycles. The molecule has 1 aliphatic rings. The molecule has 0 aromatic carbocycles. The number of rotatable bonds is 2. The highest BCUT2D eigenvalue weighted by Gasteiger charge is 2.45. The molecule has 0 spiro atoms. The van der Waals surface area contributed by atoms with Gasteiger partial charge in [-0.25, -0.2) is 0 Å². The smallest absolute Gasteiger partial charge is 0.313 e. The summed E-state index contributed by atoms with van der Waals surface area (Å²) in [5.41, 5.74) is 0.106. The van der Waals surface area contributed by atoms with E-state index in [0.29, 0.717) is 12.8 Å². The van der Waals surface area contributed by atoms with Gasteiger partial charge in [-0.3, -0.25) is 0 Å². The molecule has 4 heteroatoms. The van der Waals surface area contributed by atoms with E-state index in [2.05, 4.69) is 26.1 Å². The summed E-state index contributed by atoms with van der Waals surface area (Å²) in [7, 11) is 0. The fourth-order valence-corrected chi connectivity index (χ4v) is 2.24. The topological polar surface area (TPSA) is 12.0 Å². The van der Waals surface area contributed by atoms with Gasteiger partial charge in [0, 0.05) is 6.04 Å². The zero-order valence-electron chi connectivity index (χ0n) is 10.3. The summed E-state index contributed by atoms with van der Waals surface area (Å²) in [6.45, 7) is 6.93. The first kappa shape index (κ1) is 13.8. The quantitative estimate of drug-likeness (QED) is 0.771. The maximum Gasteiger partial charge on any atom is 0.393 e. The van der Waals surface area contributed by atoms with Gasteiger partial charge in [-0.2, -0.15) is 13.2 Å². The number of alkyl halides is 3. The van der Waals surface area contributed by atoms with Crippen molar-refractivity contribution in [3.05, 3.63) is 0 Å². The van der Waals surface area contributed by atoms with Crippen LogP contribution in [0.15, 0.2) is 0 Å². The second kappa shape index (κ2) is 4.94. The number of nitrogens with one attached hydrogen (secondary N) is 1. The van der Waals surface area contributed by atoms with Gasteiger partial charge in [-0.15, -0.1) is 0 Å². The van der Waals surface area contributed by atoms with Crippen LogP contribution >= 0.6 is 0 Å². The Morgan fingerprint density at radius 2 is 1.81 bits per heavy atom. The van der Waals surface area contributed by atoms with Crippen molar-refractivity contribution in [1.29, 1.82) is 0 Å². The van der Waals surface area contributed by atoms with Crippen LogP contribution in [0.3, 0.4) is 0 Å².